The summed E-state index contributed by atoms with van der Waals surface area (Å²) in [5.74, 6) is -0.335. The van der Waals surface area contributed by atoms with Crippen LogP contribution >= 0.6 is 34.5 Å². The zero-order chi connectivity index (χ0) is 21.0. The third-order valence-electron chi connectivity index (χ3n) is 3.89. The van der Waals surface area contributed by atoms with Gasteiger partial charge < -0.3 is 9.47 Å². The zero-order valence-corrected chi connectivity index (χ0v) is 17.8. The number of methoxy groups -OCH3 is 1. The van der Waals surface area contributed by atoms with Crippen LogP contribution in [0, 0.1) is 0 Å². The normalized spacial score (nSPS) is 10.5. The number of ether oxygens (including phenoxy) is 2. The molecule has 0 N–H and O–H groups in total. The van der Waals surface area contributed by atoms with Gasteiger partial charge in [-0.3, -0.25) is 9.69 Å². The Labute approximate surface area is 181 Å². The van der Waals surface area contributed by atoms with Crippen LogP contribution in [-0.2, 0) is 16.1 Å². The zero-order valence-electron chi connectivity index (χ0n) is 15.5. The van der Waals surface area contributed by atoms with E-state index in [4.69, 9.17) is 32.7 Å². The Morgan fingerprint density at radius 2 is 1.79 bits per heavy atom. The van der Waals surface area contributed by atoms with E-state index < -0.39 is 5.97 Å². The van der Waals surface area contributed by atoms with Gasteiger partial charge in [0.15, 0.2) is 5.13 Å². The van der Waals surface area contributed by atoms with Crippen molar-refractivity contribution in [3.63, 3.8) is 0 Å². The van der Waals surface area contributed by atoms with Gasteiger partial charge in [-0.2, -0.15) is 0 Å². The minimum atomic E-state index is -0.650. The van der Waals surface area contributed by atoms with Gasteiger partial charge in [0.1, 0.15) is 12.4 Å². The molecule has 150 valence electrons. The molecule has 0 bridgehead atoms. The van der Waals surface area contributed by atoms with E-state index in [9.17, 15) is 9.59 Å². The lowest BCUT2D eigenvalue weighted by atomic mass is 10.2. The summed E-state index contributed by atoms with van der Waals surface area (Å²) >= 11 is 13.3. The summed E-state index contributed by atoms with van der Waals surface area (Å²) in [5.41, 5.74) is 1.16. The second kappa shape index (κ2) is 9.26. The highest BCUT2D eigenvalue weighted by molar-refractivity contribution is 7.14. The van der Waals surface area contributed by atoms with Crippen molar-refractivity contribution in [3.8, 4) is 5.75 Å². The first-order valence-electron chi connectivity index (χ1n) is 8.41. The number of hydrogen-bond donors (Lipinski definition) is 0. The number of hydrogen-bond acceptors (Lipinski definition) is 6. The van der Waals surface area contributed by atoms with Crippen LogP contribution in [0.3, 0.4) is 0 Å². The topological polar surface area (TPSA) is 68.7 Å². The second-order valence-corrected chi connectivity index (χ2v) is 7.47. The molecular weight excluding hydrogens is 435 g/mol. The van der Waals surface area contributed by atoms with Crippen molar-refractivity contribution in [1.82, 2.24) is 4.98 Å². The van der Waals surface area contributed by atoms with Crippen molar-refractivity contribution in [2.24, 2.45) is 0 Å². The van der Waals surface area contributed by atoms with Crippen molar-refractivity contribution in [3.05, 3.63) is 69.1 Å². The van der Waals surface area contributed by atoms with E-state index in [2.05, 4.69) is 4.98 Å². The van der Waals surface area contributed by atoms with Crippen LogP contribution in [0.15, 0.2) is 47.8 Å². The van der Waals surface area contributed by atoms with E-state index in [1.54, 1.807) is 41.8 Å². The second-order valence-electron chi connectivity index (χ2n) is 5.82. The van der Waals surface area contributed by atoms with Crippen LogP contribution in [0.1, 0.15) is 23.0 Å². The molecule has 6 nitrogen and oxygen atoms in total. The van der Waals surface area contributed by atoms with Gasteiger partial charge in [0.2, 0.25) is 5.91 Å². The molecular formula is C20H16Cl2N2O4S. The Balaban J connectivity index is 1.79. The average Bonchev–Trinajstić information content (AvgIpc) is 3.15. The molecule has 29 heavy (non-hydrogen) atoms. The fraction of sp³-hybridized carbons (Fsp3) is 0.150. The molecule has 9 heteroatoms. The van der Waals surface area contributed by atoms with Gasteiger partial charge in [0.25, 0.3) is 0 Å². The lowest BCUT2D eigenvalue weighted by molar-refractivity contribution is -0.115. The standard InChI is InChI=1S/C20H16Cl2N2O4S/c1-12(25)24(16-8-3-4-9-17(16)27-2)20-23-13(11-29-20)10-28-19(26)18-14(21)6-5-7-15(18)22/h3-9,11H,10H2,1-2H3. The quantitative estimate of drug-likeness (QED) is 0.463. The number of rotatable bonds is 6. The summed E-state index contributed by atoms with van der Waals surface area (Å²) in [6.45, 7) is 1.35. The number of thiazole rings is 1. The molecule has 3 aromatic rings. The molecule has 0 aliphatic rings. The Hall–Kier alpha value is -2.61. The number of esters is 1. The van der Waals surface area contributed by atoms with Gasteiger partial charge >= 0.3 is 5.97 Å². The molecule has 0 atom stereocenters. The minimum Gasteiger partial charge on any atom is -0.495 e. The number of para-hydroxylation sites is 2. The van der Waals surface area contributed by atoms with Crippen molar-refractivity contribution in [2.45, 2.75) is 13.5 Å². The monoisotopic (exact) mass is 450 g/mol. The summed E-state index contributed by atoms with van der Waals surface area (Å²) in [7, 11) is 1.53. The largest absolute Gasteiger partial charge is 0.495 e. The highest BCUT2D eigenvalue weighted by Crippen LogP contribution is 2.35. The molecule has 0 radical (unpaired) electrons. The first-order valence-corrected chi connectivity index (χ1v) is 10.0. The number of anilines is 2. The van der Waals surface area contributed by atoms with Crippen molar-refractivity contribution in [1.29, 1.82) is 0 Å². The van der Waals surface area contributed by atoms with Crippen LogP contribution in [0.5, 0.6) is 5.75 Å². The summed E-state index contributed by atoms with van der Waals surface area (Å²) in [6, 6.07) is 11.9. The first-order chi connectivity index (χ1) is 13.9. The third kappa shape index (κ3) is 4.70. The van der Waals surface area contributed by atoms with Gasteiger partial charge in [0, 0.05) is 12.3 Å². The molecule has 0 aliphatic heterocycles. The number of benzene rings is 2. The van der Waals surface area contributed by atoms with E-state index >= 15 is 0 Å². The SMILES string of the molecule is COc1ccccc1N(C(C)=O)c1nc(COC(=O)c2c(Cl)cccc2Cl)cs1. The molecule has 3 rings (SSSR count). The number of carbonyl (C=O) groups is 2. The number of nitrogens with zero attached hydrogens (tertiary/aromatic N) is 2. The molecule has 0 fully saturated rings. The van der Waals surface area contributed by atoms with Crippen LogP contribution in [0.2, 0.25) is 10.0 Å². The highest BCUT2D eigenvalue weighted by atomic mass is 35.5. The summed E-state index contributed by atoms with van der Waals surface area (Å²) in [5, 5.41) is 2.56. The van der Waals surface area contributed by atoms with E-state index in [1.807, 2.05) is 6.07 Å². The maximum absolute atomic E-state index is 12.3. The van der Waals surface area contributed by atoms with Crippen LogP contribution in [-0.4, -0.2) is 24.0 Å². The molecule has 0 unspecified atom stereocenters. The number of carbonyl (C=O) groups excluding carboxylic acids is 2. The Kier molecular flexibility index (Phi) is 6.74. The lowest BCUT2D eigenvalue weighted by Crippen LogP contribution is -2.23. The molecule has 1 aromatic heterocycles. The number of halogens is 2. The minimum absolute atomic E-state index is 0.0887. The van der Waals surface area contributed by atoms with Crippen LogP contribution in [0.25, 0.3) is 0 Å². The predicted octanol–water partition coefficient (Wildman–Crippen LogP) is 5.50. The summed E-state index contributed by atoms with van der Waals surface area (Å²) in [6.07, 6.45) is 0. The lowest BCUT2D eigenvalue weighted by Gasteiger charge is -2.20. The number of amides is 1. The van der Waals surface area contributed by atoms with Gasteiger partial charge in [-0.15, -0.1) is 11.3 Å². The van der Waals surface area contributed by atoms with E-state index in [-0.39, 0.29) is 28.1 Å². The van der Waals surface area contributed by atoms with E-state index in [1.165, 1.54) is 30.3 Å². The summed E-state index contributed by atoms with van der Waals surface area (Å²) in [4.78, 5) is 30.5. The first kappa shape index (κ1) is 21.1. The van der Waals surface area contributed by atoms with Gasteiger partial charge in [-0.1, -0.05) is 41.4 Å². The van der Waals surface area contributed by atoms with Gasteiger partial charge in [0.05, 0.1) is 34.1 Å². The smallest absolute Gasteiger partial charge is 0.341 e. The van der Waals surface area contributed by atoms with Gasteiger partial charge in [-0.05, 0) is 24.3 Å². The molecule has 0 aliphatic carbocycles. The van der Waals surface area contributed by atoms with Crippen LogP contribution in [0.4, 0.5) is 10.8 Å². The summed E-state index contributed by atoms with van der Waals surface area (Å²) < 4.78 is 10.6. The Morgan fingerprint density at radius 3 is 2.45 bits per heavy atom. The Morgan fingerprint density at radius 1 is 1.10 bits per heavy atom. The molecule has 1 amide bonds. The average molecular weight is 451 g/mol. The molecule has 0 saturated heterocycles. The number of aromatic nitrogens is 1. The molecule has 0 spiro atoms. The fourth-order valence-electron chi connectivity index (χ4n) is 2.59. The van der Waals surface area contributed by atoms with Crippen molar-refractivity contribution < 1.29 is 19.1 Å². The maximum Gasteiger partial charge on any atom is 0.341 e. The Bertz CT molecular complexity index is 1030. The predicted molar refractivity (Wildman–Crippen MR) is 114 cm³/mol. The molecule has 2 aromatic carbocycles. The maximum atomic E-state index is 12.3. The van der Waals surface area contributed by atoms with Crippen molar-refractivity contribution >= 4 is 57.2 Å². The molecule has 0 saturated carbocycles. The van der Waals surface area contributed by atoms with Gasteiger partial charge in [-0.25, -0.2) is 9.78 Å². The van der Waals surface area contributed by atoms with Crippen LogP contribution < -0.4 is 9.64 Å². The third-order valence-corrected chi connectivity index (χ3v) is 5.39. The van der Waals surface area contributed by atoms with E-state index in [0.29, 0.717) is 22.3 Å². The van der Waals surface area contributed by atoms with E-state index in [0.717, 1.165) is 0 Å². The molecule has 1 heterocycles. The van der Waals surface area contributed by atoms with Crippen molar-refractivity contribution in [2.75, 3.05) is 12.0 Å². The fourth-order valence-corrected chi connectivity index (χ4v) is 4.01. The highest BCUT2D eigenvalue weighted by Gasteiger charge is 2.22.